The summed E-state index contributed by atoms with van der Waals surface area (Å²) < 4.78 is 0. The Balaban J connectivity index is 1.87. The molecule has 0 spiro atoms. The first-order valence-corrected chi connectivity index (χ1v) is 7.01. The van der Waals surface area contributed by atoms with Crippen LogP contribution in [-0.2, 0) is 16.1 Å². The zero-order valence-corrected chi connectivity index (χ0v) is 12.1. The number of benzene rings is 1. The summed E-state index contributed by atoms with van der Waals surface area (Å²) in [5, 5.41) is 11.6. The van der Waals surface area contributed by atoms with E-state index >= 15 is 0 Å². The molecule has 0 bridgehead atoms. The monoisotopic (exact) mass is 288 g/mol. The maximum Gasteiger partial charge on any atom is 0.328 e. The predicted octanol–water partition coefficient (Wildman–Crippen LogP) is 1.49. The molecule has 2 N–H and O–H groups in total. The van der Waals surface area contributed by atoms with Crippen LogP contribution < -0.4 is 5.32 Å². The summed E-state index contributed by atoms with van der Waals surface area (Å²) in [5.74, 6) is -0.906. The van der Waals surface area contributed by atoms with Gasteiger partial charge in [-0.1, -0.05) is 24.3 Å². The minimum atomic E-state index is -0.964. The molecule has 1 saturated carbocycles. The first-order chi connectivity index (χ1) is 10.0. The standard InChI is InChI=1S/C16H20N2O3/c1-18(11-15(19)17-14-6-7-14)10-13-4-2-3-12(9-13)5-8-16(20)21/h2-5,8-9,14H,6-7,10-11H2,1H3,(H,17,19)(H,20,21). The second kappa shape index (κ2) is 7.04. The van der Waals surface area contributed by atoms with Crippen LogP contribution in [-0.4, -0.2) is 41.5 Å². The number of carbonyl (C=O) groups is 2. The number of hydrogen-bond acceptors (Lipinski definition) is 3. The topological polar surface area (TPSA) is 69.6 Å². The largest absolute Gasteiger partial charge is 0.478 e. The van der Waals surface area contributed by atoms with Gasteiger partial charge in [-0.25, -0.2) is 4.79 Å². The van der Waals surface area contributed by atoms with Gasteiger partial charge in [0.2, 0.25) is 5.91 Å². The van der Waals surface area contributed by atoms with E-state index in [0.29, 0.717) is 19.1 Å². The second-order valence-corrected chi connectivity index (χ2v) is 5.43. The number of likely N-dealkylation sites (N-methyl/N-ethyl adjacent to an activating group) is 1. The molecule has 1 aliphatic rings. The van der Waals surface area contributed by atoms with E-state index in [1.54, 1.807) is 6.08 Å². The predicted molar refractivity (Wildman–Crippen MR) is 80.6 cm³/mol. The lowest BCUT2D eigenvalue weighted by atomic mass is 10.1. The molecular weight excluding hydrogens is 268 g/mol. The zero-order valence-electron chi connectivity index (χ0n) is 12.1. The Morgan fingerprint density at radius 2 is 2.19 bits per heavy atom. The van der Waals surface area contributed by atoms with E-state index in [1.807, 2.05) is 36.2 Å². The number of nitrogens with one attached hydrogen (secondary N) is 1. The fourth-order valence-electron chi connectivity index (χ4n) is 2.08. The fourth-order valence-corrected chi connectivity index (χ4v) is 2.08. The summed E-state index contributed by atoms with van der Waals surface area (Å²) in [5.41, 5.74) is 1.88. The molecule has 5 heteroatoms. The molecule has 112 valence electrons. The van der Waals surface area contributed by atoms with Crippen LogP contribution in [0.3, 0.4) is 0 Å². The van der Waals surface area contributed by atoms with Gasteiger partial charge in [-0.15, -0.1) is 0 Å². The fraction of sp³-hybridized carbons (Fsp3) is 0.375. The zero-order chi connectivity index (χ0) is 15.2. The van der Waals surface area contributed by atoms with Crippen molar-refractivity contribution in [1.29, 1.82) is 0 Å². The van der Waals surface area contributed by atoms with E-state index in [1.165, 1.54) is 0 Å². The highest BCUT2D eigenvalue weighted by Gasteiger charge is 2.23. The Morgan fingerprint density at radius 1 is 1.43 bits per heavy atom. The van der Waals surface area contributed by atoms with Gasteiger partial charge in [0, 0.05) is 18.7 Å². The van der Waals surface area contributed by atoms with Crippen molar-refractivity contribution in [3.8, 4) is 0 Å². The molecule has 2 rings (SSSR count). The van der Waals surface area contributed by atoms with Crippen molar-refractivity contribution in [3.05, 3.63) is 41.5 Å². The van der Waals surface area contributed by atoms with Gasteiger partial charge in [0.15, 0.2) is 0 Å². The van der Waals surface area contributed by atoms with Crippen LogP contribution in [0.5, 0.6) is 0 Å². The van der Waals surface area contributed by atoms with Gasteiger partial charge < -0.3 is 10.4 Å². The first kappa shape index (κ1) is 15.3. The minimum Gasteiger partial charge on any atom is -0.478 e. The number of carbonyl (C=O) groups excluding carboxylic acids is 1. The summed E-state index contributed by atoms with van der Waals surface area (Å²) in [6.07, 6.45) is 4.86. The SMILES string of the molecule is CN(CC(=O)NC1CC1)Cc1cccc(C=CC(=O)O)c1. The van der Waals surface area contributed by atoms with E-state index in [0.717, 1.165) is 30.0 Å². The average Bonchev–Trinajstić information content (AvgIpc) is 3.20. The summed E-state index contributed by atoms with van der Waals surface area (Å²) in [4.78, 5) is 24.2. The molecule has 0 radical (unpaired) electrons. The summed E-state index contributed by atoms with van der Waals surface area (Å²) in [6.45, 7) is 1.01. The van der Waals surface area contributed by atoms with Crippen molar-refractivity contribution in [3.63, 3.8) is 0 Å². The Morgan fingerprint density at radius 3 is 2.86 bits per heavy atom. The molecular formula is C16H20N2O3. The van der Waals surface area contributed by atoms with Gasteiger partial charge in [-0.2, -0.15) is 0 Å². The molecule has 1 aliphatic carbocycles. The average molecular weight is 288 g/mol. The number of amides is 1. The third-order valence-electron chi connectivity index (χ3n) is 3.18. The molecule has 0 atom stereocenters. The Hall–Kier alpha value is -2.14. The molecule has 1 amide bonds. The van der Waals surface area contributed by atoms with Crippen molar-refractivity contribution < 1.29 is 14.7 Å². The van der Waals surface area contributed by atoms with Gasteiger partial charge in [0.1, 0.15) is 0 Å². The molecule has 1 aromatic carbocycles. The van der Waals surface area contributed by atoms with E-state index in [2.05, 4.69) is 5.32 Å². The van der Waals surface area contributed by atoms with Crippen molar-refractivity contribution in [2.24, 2.45) is 0 Å². The summed E-state index contributed by atoms with van der Waals surface area (Å²) in [7, 11) is 1.90. The number of carboxylic acids is 1. The van der Waals surface area contributed by atoms with Crippen LogP contribution >= 0.6 is 0 Å². The first-order valence-electron chi connectivity index (χ1n) is 7.01. The van der Waals surface area contributed by atoms with Gasteiger partial charge in [0.25, 0.3) is 0 Å². The molecule has 0 heterocycles. The van der Waals surface area contributed by atoms with Crippen LogP contribution in [0.25, 0.3) is 6.08 Å². The third-order valence-corrected chi connectivity index (χ3v) is 3.18. The van der Waals surface area contributed by atoms with Gasteiger partial charge >= 0.3 is 5.97 Å². The highest BCUT2D eigenvalue weighted by Crippen LogP contribution is 2.18. The lowest BCUT2D eigenvalue weighted by molar-refractivity contribution is -0.131. The van der Waals surface area contributed by atoms with Crippen LogP contribution in [0.4, 0.5) is 0 Å². The number of aliphatic carboxylic acids is 1. The summed E-state index contributed by atoms with van der Waals surface area (Å²) >= 11 is 0. The molecule has 0 unspecified atom stereocenters. The second-order valence-electron chi connectivity index (χ2n) is 5.43. The number of rotatable bonds is 7. The van der Waals surface area contributed by atoms with Crippen molar-refractivity contribution >= 4 is 18.0 Å². The van der Waals surface area contributed by atoms with Crippen LogP contribution in [0.15, 0.2) is 30.3 Å². The Kier molecular flexibility index (Phi) is 5.11. The lowest BCUT2D eigenvalue weighted by Crippen LogP contribution is -2.35. The maximum atomic E-state index is 11.7. The van der Waals surface area contributed by atoms with Crippen molar-refractivity contribution in [2.45, 2.75) is 25.4 Å². The smallest absolute Gasteiger partial charge is 0.328 e. The molecule has 5 nitrogen and oxygen atoms in total. The van der Waals surface area contributed by atoms with E-state index < -0.39 is 5.97 Å². The maximum absolute atomic E-state index is 11.7. The quantitative estimate of drug-likeness (QED) is 0.746. The summed E-state index contributed by atoms with van der Waals surface area (Å²) in [6, 6.07) is 8.01. The van der Waals surface area contributed by atoms with Gasteiger partial charge in [-0.05, 0) is 37.1 Å². The minimum absolute atomic E-state index is 0.0573. The van der Waals surface area contributed by atoms with E-state index in [9.17, 15) is 9.59 Å². The van der Waals surface area contributed by atoms with Crippen LogP contribution in [0.1, 0.15) is 24.0 Å². The normalized spacial score (nSPS) is 14.6. The molecule has 0 saturated heterocycles. The number of nitrogens with zero attached hydrogens (tertiary/aromatic N) is 1. The van der Waals surface area contributed by atoms with E-state index in [4.69, 9.17) is 5.11 Å². The third kappa shape index (κ3) is 5.79. The van der Waals surface area contributed by atoms with Gasteiger partial charge in [-0.3, -0.25) is 9.69 Å². The Labute approximate surface area is 124 Å². The molecule has 1 fully saturated rings. The lowest BCUT2D eigenvalue weighted by Gasteiger charge is -2.16. The molecule has 0 aromatic heterocycles. The molecule has 21 heavy (non-hydrogen) atoms. The Bertz CT molecular complexity index is 550. The highest BCUT2D eigenvalue weighted by atomic mass is 16.4. The van der Waals surface area contributed by atoms with Crippen molar-refractivity contribution in [2.75, 3.05) is 13.6 Å². The van der Waals surface area contributed by atoms with E-state index in [-0.39, 0.29) is 5.91 Å². The number of hydrogen-bond donors (Lipinski definition) is 2. The number of carboxylic acid groups (broad SMARTS) is 1. The van der Waals surface area contributed by atoms with Crippen LogP contribution in [0, 0.1) is 0 Å². The molecule has 1 aromatic rings. The van der Waals surface area contributed by atoms with Crippen LogP contribution in [0.2, 0.25) is 0 Å². The molecule has 0 aliphatic heterocycles. The van der Waals surface area contributed by atoms with Crippen molar-refractivity contribution in [1.82, 2.24) is 10.2 Å². The van der Waals surface area contributed by atoms with Gasteiger partial charge in [0.05, 0.1) is 6.54 Å². The highest BCUT2D eigenvalue weighted by molar-refractivity contribution is 5.85.